The molecule has 42 heavy (non-hydrogen) atoms. The Balaban J connectivity index is 1.44. The van der Waals surface area contributed by atoms with E-state index >= 15 is 0 Å². The molecule has 3 aromatic rings. The highest BCUT2D eigenvalue weighted by molar-refractivity contribution is 6.05. The number of aryl methyl sites for hydroxylation is 1. The van der Waals surface area contributed by atoms with Crippen molar-refractivity contribution < 1.29 is 27.5 Å². The first-order chi connectivity index (χ1) is 19.9. The molecule has 11 heteroatoms. The molecule has 3 heterocycles. The van der Waals surface area contributed by atoms with Gasteiger partial charge in [0.1, 0.15) is 34.4 Å². The lowest BCUT2D eigenvalue weighted by molar-refractivity contribution is 0.0495. The number of hydrogen-bond acceptors (Lipinski definition) is 6. The predicted octanol–water partition coefficient (Wildman–Crippen LogP) is 6.04. The zero-order valence-electron chi connectivity index (χ0n) is 24.1. The van der Waals surface area contributed by atoms with E-state index in [1.54, 1.807) is 6.20 Å². The minimum Gasteiger partial charge on any atom is -0.444 e. The summed E-state index contributed by atoms with van der Waals surface area (Å²) in [5.41, 5.74) is 1.17. The molecule has 1 fully saturated rings. The van der Waals surface area contributed by atoms with Gasteiger partial charge in [-0.15, -0.1) is 0 Å². The molecule has 2 N–H and O–H groups in total. The number of pyridine rings is 2. The number of rotatable bonds is 5. The van der Waals surface area contributed by atoms with Crippen molar-refractivity contribution in [1.29, 1.82) is 0 Å². The van der Waals surface area contributed by atoms with Crippen LogP contribution in [0.25, 0.3) is 11.3 Å². The molecule has 2 aliphatic rings. The molecule has 5 rings (SSSR count). The number of piperidine rings is 1. The summed E-state index contributed by atoms with van der Waals surface area (Å²) in [4.78, 5) is 36.7. The number of ether oxygens (including phenoxy) is 1. The summed E-state index contributed by atoms with van der Waals surface area (Å²) in [7, 11) is 0. The van der Waals surface area contributed by atoms with Gasteiger partial charge in [-0.1, -0.05) is 13.0 Å². The Hall–Kier alpha value is -4.15. The van der Waals surface area contributed by atoms with Gasteiger partial charge in [0.05, 0.1) is 23.1 Å². The van der Waals surface area contributed by atoms with Gasteiger partial charge in [0, 0.05) is 24.8 Å². The average Bonchev–Trinajstić information content (AvgIpc) is 3.36. The molecule has 1 aromatic carbocycles. The van der Waals surface area contributed by atoms with Gasteiger partial charge in [-0.05, 0) is 82.2 Å². The molecule has 1 aliphatic heterocycles. The first kappa shape index (κ1) is 29.3. The van der Waals surface area contributed by atoms with Crippen molar-refractivity contribution in [3.8, 4) is 11.3 Å². The van der Waals surface area contributed by atoms with Gasteiger partial charge in [-0.3, -0.25) is 9.78 Å². The Morgan fingerprint density at radius 2 is 1.76 bits per heavy atom. The molecule has 1 aliphatic carbocycles. The van der Waals surface area contributed by atoms with Crippen LogP contribution < -0.4 is 15.5 Å². The fourth-order valence-corrected chi connectivity index (χ4v) is 5.71. The number of benzene rings is 1. The standard InChI is InChI=1S/C31H34F3N5O3/c1-17-13-18(36-30(41)42-31(2,3)4)16-39(15-17)28-19-7-5-10-23(19)35-14-25(28)38-29(40)24-12-11-22(34)27(37-24)26-20(32)8-6-9-21(26)33/h6,8-9,11-12,14,17-18H,5,7,10,13,15-16H2,1-4H3,(H,36,41)(H,38,40)/t17-,18?/m1/s1. The van der Waals surface area contributed by atoms with E-state index in [0.29, 0.717) is 18.8 Å². The predicted molar refractivity (Wildman–Crippen MR) is 153 cm³/mol. The summed E-state index contributed by atoms with van der Waals surface area (Å²) in [6, 6.07) is 5.11. The van der Waals surface area contributed by atoms with Gasteiger partial charge in [0.25, 0.3) is 5.91 Å². The molecule has 0 radical (unpaired) electrons. The highest BCUT2D eigenvalue weighted by Crippen LogP contribution is 2.38. The highest BCUT2D eigenvalue weighted by atomic mass is 19.1. The zero-order valence-corrected chi connectivity index (χ0v) is 24.1. The van der Waals surface area contributed by atoms with Crippen LogP contribution >= 0.6 is 0 Å². The lowest BCUT2D eigenvalue weighted by atomic mass is 9.94. The van der Waals surface area contributed by atoms with Crippen LogP contribution in [0.3, 0.4) is 0 Å². The first-order valence-corrected chi connectivity index (χ1v) is 14.1. The van der Waals surface area contributed by atoms with Crippen molar-refractivity contribution in [1.82, 2.24) is 15.3 Å². The van der Waals surface area contributed by atoms with Crippen molar-refractivity contribution in [2.75, 3.05) is 23.3 Å². The molecule has 222 valence electrons. The number of hydrogen-bond donors (Lipinski definition) is 2. The molecule has 8 nitrogen and oxygen atoms in total. The van der Waals surface area contributed by atoms with Gasteiger partial charge in [-0.2, -0.15) is 0 Å². The topological polar surface area (TPSA) is 96.5 Å². The number of carbonyl (C=O) groups excluding carboxylic acids is 2. The maximum absolute atomic E-state index is 14.6. The fourth-order valence-electron chi connectivity index (χ4n) is 5.71. The third-order valence-corrected chi connectivity index (χ3v) is 7.30. The van der Waals surface area contributed by atoms with E-state index in [1.165, 1.54) is 6.07 Å². The quantitative estimate of drug-likeness (QED) is 0.381. The molecule has 0 saturated carbocycles. The Kier molecular flexibility index (Phi) is 8.12. The normalized spacial score (nSPS) is 18.4. The molecule has 1 unspecified atom stereocenters. The van der Waals surface area contributed by atoms with Gasteiger partial charge < -0.3 is 20.3 Å². The zero-order chi connectivity index (χ0) is 30.2. The van der Waals surface area contributed by atoms with Crippen molar-refractivity contribution in [3.05, 3.63) is 70.9 Å². The van der Waals surface area contributed by atoms with Crippen molar-refractivity contribution in [2.45, 2.75) is 65.0 Å². The van der Waals surface area contributed by atoms with E-state index in [-0.39, 0.29) is 17.7 Å². The Morgan fingerprint density at radius 1 is 1.02 bits per heavy atom. The van der Waals surface area contributed by atoms with Gasteiger partial charge in [0.15, 0.2) is 0 Å². The number of carbonyl (C=O) groups is 2. The number of anilines is 2. The lowest BCUT2D eigenvalue weighted by Crippen LogP contribution is -2.51. The summed E-state index contributed by atoms with van der Waals surface area (Å²) in [6.45, 7) is 8.71. The highest BCUT2D eigenvalue weighted by Gasteiger charge is 2.32. The van der Waals surface area contributed by atoms with E-state index in [4.69, 9.17) is 4.74 Å². The maximum Gasteiger partial charge on any atom is 0.407 e. The summed E-state index contributed by atoms with van der Waals surface area (Å²) in [5.74, 6) is -3.39. The first-order valence-electron chi connectivity index (χ1n) is 14.1. The van der Waals surface area contributed by atoms with Crippen LogP contribution in [0, 0.1) is 23.4 Å². The Labute approximate surface area is 242 Å². The van der Waals surface area contributed by atoms with Crippen LogP contribution in [0.5, 0.6) is 0 Å². The summed E-state index contributed by atoms with van der Waals surface area (Å²) >= 11 is 0. The monoisotopic (exact) mass is 581 g/mol. The molecule has 2 amide bonds. The van der Waals surface area contributed by atoms with E-state index < -0.39 is 46.3 Å². The third kappa shape index (κ3) is 6.34. The van der Waals surface area contributed by atoms with E-state index in [9.17, 15) is 22.8 Å². The van der Waals surface area contributed by atoms with Crippen LogP contribution in [-0.4, -0.2) is 46.7 Å². The Morgan fingerprint density at radius 3 is 2.48 bits per heavy atom. The summed E-state index contributed by atoms with van der Waals surface area (Å²) in [6.07, 6.45) is 4.39. The largest absolute Gasteiger partial charge is 0.444 e. The minimum atomic E-state index is -0.988. The van der Waals surface area contributed by atoms with Crippen LogP contribution in [-0.2, 0) is 17.6 Å². The van der Waals surface area contributed by atoms with Crippen LogP contribution in [0.1, 0.15) is 62.3 Å². The average molecular weight is 582 g/mol. The molecule has 0 bridgehead atoms. The summed E-state index contributed by atoms with van der Waals surface area (Å²) < 4.78 is 48.9. The number of fused-ring (bicyclic) bond motifs is 1. The second-order valence-corrected chi connectivity index (χ2v) is 12.0. The van der Waals surface area contributed by atoms with E-state index in [0.717, 1.165) is 66.9 Å². The number of nitrogens with one attached hydrogen (secondary N) is 2. The smallest absolute Gasteiger partial charge is 0.407 e. The number of nitrogens with zero attached hydrogens (tertiary/aromatic N) is 3. The molecule has 2 atom stereocenters. The van der Waals surface area contributed by atoms with Crippen LogP contribution in [0.4, 0.5) is 29.3 Å². The van der Waals surface area contributed by atoms with E-state index in [2.05, 4.69) is 32.4 Å². The molecule has 2 aromatic heterocycles. The SMILES string of the molecule is C[C@@H]1CC(NC(=O)OC(C)(C)C)CN(c2c(NC(=O)c3ccc(F)c(-c4c(F)cccc4F)n3)cnc3c2CCC3)C1. The fraction of sp³-hybridized carbons (Fsp3) is 0.419. The maximum atomic E-state index is 14.6. The van der Waals surface area contributed by atoms with Crippen molar-refractivity contribution in [2.24, 2.45) is 5.92 Å². The van der Waals surface area contributed by atoms with Crippen LogP contribution in [0.2, 0.25) is 0 Å². The van der Waals surface area contributed by atoms with Gasteiger partial charge >= 0.3 is 6.09 Å². The number of aromatic nitrogens is 2. The van der Waals surface area contributed by atoms with Gasteiger partial charge in [0.2, 0.25) is 0 Å². The van der Waals surface area contributed by atoms with Crippen LogP contribution in [0.15, 0.2) is 36.5 Å². The molecule has 0 spiro atoms. The van der Waals surface area contributed by atoms with Gasteiger partial charge in [-0.25, -0.2) is 22.9 Å². The number of amides is 2. The minimum absolute atomic E-state index is 0.186. The molecule has 1 saturated heterocycles. The van der Waals surface area contributed by atoms with Crippen molar-refractivity contribution in [3.63, 3.8) is 0 Å². The second-order valence-electron chi connectivity index (χ2n) is 12.0. The summed E-state index contributed by atoms with van der Waals surface area (Å²) in [5, 5.41) is 5.84. The molecular formula is C31H34F3N5O3. The van der Waals surface area contributed by atoms with E-state index in [1.807, 2.05) is 20.8 Å². The lowest BCUT2D eigenvalue weighted by Gasteiger charge is -2.40. The number of halogens is 3. The number of alkyl carbamates (subject to hydrolysis) is 1. The Bertz CT molecular complexity index is 1500. The van der Waals surface area contributed by atoms with Crippen molar-refractivity contribution >= 4 is 23.4 Å². The third-order valence-electron chi connectivity index (χ3n) is 7.30. The molecular weight excluding hydrogens is 547 g/mol. The second kappa shape index (κ2) is 11.6.